The minimum atomic E-state index is -1.31. The number of phenolic OH excluding ortho intramolecular Hbond substituents is 1. The van der Waals surface area contributed by atoms with Crippen LogP contribution in [0.5, 0.6) is 11.8 Å². The van der Waals surface area contributed by atoms with E-state index in [1.54, 1.807) is 17.9 Å². The van der Waals surface area contributed by atoms with Crippen LogP contribution in [-0.4, -0.2) is 111 Å². The van der Waals surface area contributed by atoms with Gasteiger partial charge in [-0.2, -0.15) is 9.97 Å². The number of nitrogens with zero attached hydrogens (tertiary/aromatic N) is 5. The van der Waals surface area contributed by atoms with E-state index < -0.39 is 23.3 Å². The molecule has 0 amide bonds. The van der Waals surface area contributed by atoms with E-state index in [0.29, 0.717) is 47.3 Å². The molecule has 1 spiro atoms. The number of phenols is 1. The lowest BCUT2D eigenvalue weighted by Crippen LogP contribution is -2.58. The monoisotopic (exact) mass is 773 g/mol. The number of rotatable bonds is 8. The predicted octanol–water partition coefficient (Wildman–Crippen LogP) is 6.45. The quantitative estimate of drug-likeness (QED) is 0.182. The van der Waals surface area contributed by atoms with Gasteiger partial charge in [-0.05, 0) is 112 Å². The number of likely N-dealkylation sites (tertiary alicyclic amines) is 1. The smallest absolute Gasteiger partial charge is 0.319 e. The van der Waals surface area contributed by atoms with Gasteiger partial charge >= 0.3 is 6.01 Å². The van der Waals surface area contributed by atoms with Crippen molar-refractivity contribution in [2.75, 3.05) is 51.0 Å². The van der Waals surface area contributed by atoms with Crippen LogP contribution in [0.2, 0.25) is 0 Å². The van der Waals surface area contributed by atoms with Gasteiger partial charge in [-0.1, -0.05) is 19.4 Å². The number of anilines is 1. The molecule has 300 valence electrons. The predicted molar refractivity (Wildman–Crippen MR) is 208 cm³/mol. The Bertz CT molecular complexity index is 2120. The fourth-order valence-corrected chi connectivity index (χ4v) is 10.8. The van der Waals surface area contributed by atoms with E-state index >= 15 is 8.78 Å². The number of benzene rings is 2. The highest BCUT2D eigenvalue weighted by molar-refractivity contribution is 6.01. The van der Waals surface area contributed by atoms with Crippen molar-refractivity contribution >= 4 is 27.5 Å². The summed E-state index contributed by atoms with van der Waals surface area (Å²) >= 11 is 0. The van der Waals surface area contributed by atoms with Crippen molar-refractivity contribution in [2.24, 2.45) is 5.41 Å². The van der Waals surface area contributed by atoms with Crippen molar-refractivity contribution in [2.45, 2.75) is 114 Å². The lowest BCUT2D eigenvalue weighted by molar-refractivity contribution is -0.175. The van der Waals surface area contributed by atoms with E-state index in [1.165, 1.54) is 30.8 Å². The lowest BCUT2D eigenvalue weighted by atomic mass is 9.72. The number of hydrogen-bond acceptors (Lipinski definition) is 11. The van der Waals surface area contributed by atoms with Crippen LogP contribution in [0.4, 0.5) is 14.6 Å². The molecule has 2 aromatic heterocycles. The molecule has 3 saturated heterocycles. The summed E-state index contributed by atoms with van der Waals surface area (Å²) in [6, 6.07) is 6.78. The first kappa shape index (κ1) is 37.8. The molecule has 13 heteroatoms. The molecule has 0 radical (unpaired) electrons. The van der Waals surface area contributed by atoms with Gasteiger partial charge in [-0.3, -0.25) is 9.88 Å². The second kappa shape index (κ2) is 14.6. The number of piperidine rings is 1. The van der Waals surface area contributed by atoms with Crippen LogP contribution >= 0.6 is 0 Å². The Morgan fingerprint density at radius 1 is 1.04 bits per heavy atom. The van der Waals surface area contributed by atoms with Crippen LogP contribution in [0.1, 0.15) is 83.6 Å². The summed E-state index contributed by atoms with van der Waals surface area (Å²) in [6.45, 7) is 5.80. The van der Waals surface area contributed by atoms with E-state index in [4.69, 9.17) is 24.2 Å². The molecule has 2 saturated carbocycles. The Kier molecular flexibility index (Phi) is 9.84. The molecule has 56 heavy (non-hydrogen) atoms. The fourth-order valence-electron chi connectivity index (χ4n) is 10.8. The van der Waals surface area contributed by atoms with Crippen molar-refractivity contribution < 1.29 is 38.3 Å². The standard InChI is InChI=1S/C43H53F2N5O6/c1-3-30-33(44)8-7-26-18-28(52)19-31(35(26)30)37-36(45)38-32(20-46-37)39(49-21-29(22-51)54-24-41(2,53)23-49)48-40(47-38)55-25-42-11-4-6-34(42)50(16-5-12-42)27-9-13-43(14-10-27)15-17-56-43/h7-8,18-20,27,29,34,51-53H,3-6,9-17,21-25H2,1-2H3. The molecule has 5 aliphatic rings. The number of aliphatic hydroxyl groups is 2. The van der Waals surface area contributed by atoms with E-state index in [2.05, 4.69) is 9.88 Å². The van der Waals surface area contributed by atoms with Crippen LogP contribution in [-0.2, 0) is 15.9 Å². The van der Waals surface area contributed by atoms with E-state index in [0.717, 1.165) is 70.9 Å². The van der Waals surface area contributed by atoms with E-state index in [9.17, 15) is 15.3 Å². The zero-order valence-corrected chi connectivity index (χ0v) is 32.4. The molecular formula is C43H53F2N5O6. The molecule has 3 N–H and O–H groups in total. The molecule has 4 aromatic rings. The Balaban J connectivity index is 1.11. The van der Waals surface area contributed by atoms with Gasteiger partial charge in [0.2, 0.25) is 0 Å². The highest BCUT2D eigenvalue weighted by Gasteiger charge is 2.52. The van der Waals surface area contributed by atoms with Crippen LogP contribution in [0.3, 0.4) is 0 Å². The van der Waals surface area contributed by atoms with Crippen molar-refractivity contribution in [3.8, 4) is 23.0 Å². The van der Waals surface area contributed by atoms with Gasteiger partial charge in [0, 0.05) is 35.8 Å². The Labute approximate surface area is 326 Å². The van der Waals surface area contributed by atoms with Gasteiger partial charge in [-0.15, -0.1) is 0 Å². The average Bonchev–Trinajstić information content (AvgIpc) is 3.55. The van der Waals surface area contributed by atoms with Crippen molar-refractivity contribution in [1.29, 1.82) is 0 Å². The maximum absolute atomic E-state index is 17.3. The van der Waals surface area contributed by atoms with Gasteiger partial charge in [-0.25, -0.2) is 8.78 Å². The highest BCUT2D eigenvalue weighted by Crippen LogP contribution is 2.51. The molecule has 0 bridgehead atoms. The summed E-state index contributed by atoms with van der Waals surface area (Å²) in [5.74, 6) is -0.994. The number of fused-ring (bicyclic) bond motifs is 3. The lowest BCUT2D eigenvalue weighted by Gasteiger charge is -2.53. The summed E-state index contributed by atoms with van der Waals surface area (Å²) < 4.78 is 51.0. The molecule has 2 aliphatic carbocycles. The van der Waals surface area contributed by atoms with Crippen LogP contribution in [0.15, 0.2) is 30.5 Å². The number of β-amino-alcohol motifs (C(OH)–C–C–N with tert-alkyl or cyclic N) is 1. The molecule has 11 nitrogen and oxygen atoms in total. The summed E-state index contributed by atoms with van der Waals surface area (Å²) in [5.41, 5.74) is -0.782. The van der Waals surface area contributed by atoms with Crippen LogP contribution in [0, 0.1) is 17.0 Å². The molecule has 4 atom stereocenters. The Morgan fingerprint density at radius 3 is 2.59 bits per heavy atom. The number of aromatic nitrogens is 3. The van der Waals surface area contributed by atoms with E-state index in [-0.39, 0.29) is 71.2 Å². The molecular weight excluding hydrogens is 720 g/mol. The largest absolute Gasteiger partial charge is 0.508 e. The Hall–Kier alpha value is -3.75. The zero-order chi connectivity index (χ0) is 38.8. The Morgan fingerprint density at radius 2 is 1.84 bits per heavy atom. The second-order valence-corrected chi connectivity index (χ2v) is 17.4. The first-order chi connectivity index (χ1) is 27.0. The maximum atomic E-state index is 17.3. The normalized spacial score (nSPS) is 31.1. The molecule has 9 rings (SSSR count). The zero-order valence-electron chi connectivity index (χ0n) is 32.4. The summed E-state index contributed by atoms with van der Waals surface area (Å²) in [7, 11) is 0. The number of ether oxygens (including phenoxy) is 3. The van der Waals surface area contributed by atoms with Gasteiger partial charge in [0.05, 0.1) is 50.1 Å². The van der Waals surface area contributed by atoms with Gasteiger partial charge in [0.15, 0.2) is 5.82 Å². The van der Waals surface area contributed by atoms with Crippen LogP contribution < -0.4 is 9.64 Å². The first-order valence-electron chi connectivity index (χ1n) is 20.5. The number of pyridine rings is 1. The SMILES string of the molecule is CCc1c(F)ccc2cc(O)cc(-c3ncc4c(N5CC(CO)OCC(C)(O)C5)nc(OCC56CCCC5N(C5CCC7(CCO7)CC5)CCC6)nc4c3F)c12. The highest BCUT2D eigenvalue weighted by atomic mass is 19.1. The topological polar surface area (TPSA) is 134 Å². The molecule has 2 aromatic carbocycles. The summed E-state index contributed by atoms with van der Waals surface area (Å²) in [6.07, 6.45) is 12.3. The van der Waals surface area contributed by atoms with E-state index in [1.807, 2.05) is 6.92 Å². The maximum Gasteiger partial charge on any atom is 0.319 e. The molecule has 3 aliphatic heterocycles. The minimum absolute atomic E-state index is 0.00579. The molecule has 5 heterocycles. The number of aryl methyl sites for hydroxylation is 1. The third-order valence-electron chi connectivity index (χ3n) is 13.6. The molecule has 5 fully saturated rings. The van der Waals surface area contributed by atoms with Gasteiger partial charge < -0.3 is 34.4 Å². The minimum Gasteiger partial charge on any atom is -0.508 e. The van der Waals surface area contributed by atoms with Crippen molar-refractivity contribution in [3.63, 3.8) is 0 Å². The number of hydrogen-bond donors (Lipinski definition) is 3. The summed E-state index contributed by atoms with van der Waals surface area (Å²) in [5, 5.41) is 33.5. The van der Waals surface area contributed by atoms with Gasteiger partial charge in [0.25, 0.3) is 0 Å². The number of aliphatic hydroxyl groups excluding tert-OH is 1. The first-order valence-corrected chi connectivity index (χ1v) is 20.5. The summed E-state index contributed by atoms with van der Waals surface area (Å²) in [4.78, 5) is 18.8. The third kappa shape index (κ3) is 6.66. The third-order valence-corrected chi connectivity index (χ3v) is 13.6. The average molecular weight is 774 g/mol. The van der Waals surface area contributed by atoms with Crippen molar-refractivity contribution in [3.05, 3.63) is 47.7 Å². The molecule has 4 unspecified atom stereocenters. The van der Waals surface area contributed by atoms with Gasteiger partial charge in [0.1, 0.15) is 34.2 Å². The number of halogens is 2. The number of aromatic hydroxyl groups is 1. The fraction of sp³-hybridized carbons (Fsp3) is 0.605. The van der Waals surface area contributed by atoms with Crippen molar-refractivity contribution in [1.82, 2.24) is 19.9 Å². The second-order valence-electron chi connectivity index (χ2n) is 17.4. The van der Waals surface area contributed by atoms with Crippen LogP contribution in [0.25, 0.3) is 32.9 Å².